The Hall–Kier alpha value is -7.10. The molecule has 480 valence electrons. The van der Waals surface area contributed by atoms with Crippen LogP contribution in [0.15, 0.2) is 197 Å². The fourth-order valence-electron chi connectivity index (χ4n) is 8.61. The molecule has 12 rings (SSSR count). The van der Waals surface area contributed by atoms with Crippen LogP contribution in [0.1, 0.15) is 52.6 Å². The number of hydrogen-bond donors (Lipinski definition) is 2. The van der Waals surface area contributed by atoms with E-state index in [9.17, 15) is 0 Å². The summed E-state index contributed by atoms with van der Waals surface area (Å²) >= 11 is 0. The second-order valence-electron chi connectivity index (χ2n) is 21.4. The maximum Gasteiger partial charge on any atom is 0.139 e. The number of aryl methyl sites for hydroxylation is 4. The maximum atomic E-state index is 9.08. The predicted molar refractivity (Wildman–Crippen MR) is 389 cm³/mol. The first kappa shape index (κ1) is 63.3. The van der Waals surface area contributed by atoms with Crippen molar-refractivity contribution in [3.8, 4) is 56.9 Å². The number of benzene rings is 6. The summed E-state index contributed by atoms with van der Waals surface area (Å²) in [7, 11) is 9.12. The number of pyridine rings is 4. The molecular formula is C73H78B4Ir2N4O7SSi2-4. The summed E-state index contributed by atoms with van der Waals surface area (Å²) in [5.41, 5.74) is 11.1. The van der Waals surface area contributed by atoms with Gasteiger partial charge in [0, 0.05) is 161 Å². The summed E-state index contributed by atoms with van der Waals surface area (Å²) in [6.07, 6.45) is 6.21. The third-order valence-corrected chi connectivity index (χ3v) is 16.5. The molecule has 8 radical (unpaired) electrons. The zero-order valence-corrected chi connectivity index (χ0v) is 61.1. The molecule has 0 saturated heterocycles. The molecule has 6 heterocycles. The van der Waals surface area contributed by atoms with E-state index < -0.39 is 60.1 Å². The van der Waals surface area contributed by atoms with Crippen LogP contribution in [0.5, 0.6) is 0 Å². The number of aromatic nitrogens is 4. The number of rotatable bonds is 6. The zero-order valence-electron chi connectivity index (χ0n) is 65.5. The standard InChI is InChI=1S/C20H19NOSi.C20H18NOSi.2C13H12N.C4H6.CH4O3S.2CH4O.B4.2Ir/c2*1-23(2,3)18-11-7-5-9-15(18)20-19-14-8-4-6-10-16(14)22-17(19)12-13-21-20;2*1-10-3-6-12(7-4-10)13-8-5-11(2)9-14-13;1-3-4-2;1-5(2,3)4;2*1-2;1-4(2)3;;/h4-13H,1-3H3;4-8,10-13H,1-3H3;2*3-6,8-9H,1-2H3;1-2H3;1H3,(H,2,3,4);2*2H,1H3;;;/q;3*-1;;;;;;;/p-1/i;;2*1D3,2D3;;;;;;;. The fraction of sp³-hybridized carbons (Fsp3) is 0.205. The van der Waals surface area contributed by atoms with Gasteiger partial charge in [-0.2, -0.15) is 0 Å². The minimum absolute atomic E-state index is 0. The van der Waals surface area contributed by atoms with Crippen molar-refractivity contribution in [3.05, 3.63) is 229 Å². The van der Waals surface area contributed by atoms with Crippen molar-refractivity contribution < 1.29 is 88.7 Å². The number of fused-ring (bicyclic) bond motifs is 6. The van der Waals surface area contributed by atoms with Gasteiger partial charge in [0.1, 0.15) is 22.3 Å². The van der Waals surface area contributed by atoms with E-state index in [1.54, 1.807) is 24.3 Å². The first-order valence-electron chi connectivity index (χ1n) is 34.1. The normalized spacial score (nSPS) is 12.7. The van der Waals surface area contributed by atoms with E-state index in [2.05, 4.69) is 157 Å². The van der Waals surface area contributed by atoms with Gasteiger partial charge in [0.05, 0.1) is 29.3 Å². The van der Waals surface area contributed by atoms with E-state index in [4.69, 9.17) is 58.4 Å². The monoisotopic (exact) mass is 1650 g/mol. The van der Waals surface area contributed by atoms with Crippen molar-refractivity contribution in [3.63, 3.8) is 0 Å². The van der Waals surface area contributed by atoms with Gasteiger partial charge >= 0.3 is 0 Å². The van der Waals surface area contributed by atoms with Crippen molar-refractivity contribution in [1.82, 2.24) is 19.9 Å². The van der Waals surface area contributed by atoms with Crippen LogP contribution in [0.2, 0.25) is 39.3 Å². The van der Waals surface area contributed by atoms with E-state index in [-0.39, 0.29) is 62.5 Å². The quantitative estimate of drug-likeness (QED) is 0.0701. The Morgan fingerprint density at radius 1 is 0.516 bits per heavy atom. The van der Waals surface area contributed by atoms with Gasteiger partial charge in [-0.1, -0.05) is 143 Å². The molecule has 0 aliphatic carbocycles. The number of hydrogen-bond acceptors (Lipinski definition) is 11. The van der Waals surface area contributed by atoms with Gasteiger partial charge in [-0.25, -0.2) is 8.42 Å². The number of furan rings is 2. The van der Waals surface area contributed by atoms with Gasteiger partial charge in [-0.3, -0.25) is 4.98 Å². The number of nitrogens with zero attached hydrogens (tertiary/aromatic N) is 4. The predicted octanol–water partition coefficient (Wildman–Crippen LogP) is 14.4. The van der Waals surface area contributed by atoms with Gasteiger partial charge < -0.3 is 38.6 Å². The van der Waals surface area contributed by atoms with Crippen molar-refractivity contribution in [2.75, 3.05) is 20.5 Å². The molecule has 6 aromatic carbocycles. The first-order chi connectivity index (χ1) is 48.1. The summed E-state index contributed by atoms with van der Waals surface area (Å²) in [6.45, 7) is 9.15. The molecule has 0 aliphatic heterocycles. The Kier molecular flexibility index (Phi) is 27.4. The minimum Gasteiger partial charge on any atom is -0.748 e. The summed E-state index contributed by atoms with van der Waals surface area (Å²) < 4.78 is 127. The van der Waals surface area contributed by atoms with Crippen molar-refractivity contribution in [2.24, 2.45) is 0 Å². The largest absolute Gasteiger partial charge is 0.748 e. The van der Waals surface area contributed by atoms with Crippen LogP contribution in [-0.2, 0) is 50.3 Å². The molecule has 0 aliphatic rings. The molecule has 0 bridgehead atoms. The molecule has 0 saturated carbocycles. The van der Waals surface area contributed by atoms with Crippen molar-refractivity contribution >= 4 is 110 Å². The van der Waals surface area contributed by atoms with Gasteiger partial charge in [0.25, 0.3) is 0 Å². The SMILES string of the molecule is CC#CC.CO.CO.CS(=O)(=O)[O-].C[Si](C)(C)c1ccc[c-]c1-c1nccc2oc3ccccc3c12.C[Si](C)(C)c1ccccc1-c1nccc2oc3ccccc3c12.[2H]C([2H])([2H])c1c[c-]c(-c2ccc(C([2H])([2H])[2H])cn2)cc1.[2H]C([2H])([2H])c1c[c-]c(-c2ccc(C([2H])([2H])[2H])cn2)cc1.[B]B([B])[B].[Ir].[Ir]. The third kappa shape index (κ3) is 26.0. The summed E-state index contributed by atoms with van der Waals surface area (Å²) in [5.74, 6) is 5.36. The van der Waals surface area contributed by atoms with Gasteiger partial charge in [-0.05, 0) is 80.0 Å². The van der Waals surface area contributed by atoms with Crippen LogP contribution < -0.4 is 10.4 Å². The second kappa shape index (κ2) is 40.2. The van der Waals surface area contributed by atoms with Crippen LogP contribution in [0, 0.1) is 57.4 Å². The summed E-state index contributed by atoms with van der Waals surface area (Å²) in [5, 5.41) is 21.3. The fourth-order valence-corrected chi connectivity index (χ4v) is 11.8. The Labute approximate surface area is 601 Å². The Morgan fingerprint density at radius 2 is 0.903 bits per heavy atom. The summed E-state index contributed by atoms with van der Waals surface area (Å²) in [6, 6.07) is 59.5. The van der Waals surface area contributed by atoms with Crippen LogP contribution in [0.25, 0.3) is 88.9 Å². The van der Waals surface area contributed by atoms with Crippen LogP contribution in [-0.4, -0.2) is 109 Å². The molecule has 12 aromatic rings. The smallest absolute Gasteiger partial charge is 0.139 e. The Bertz CT molecular complexity index is 4440. The molecule has 11 nitrogen and oxygen atoms in total. The number of aliphatic hydroxyl groups is 2. The molecule has 6 aromatic heterocycles. The van der Waals surface area contributed by atoms with Crippen LogP contribution >= 0.6 is 0 Å². The van der Waals surface area contributed by atoms with Gasteiger partial charge in [0.2, 0.25) is 0 Å². The number of para-hydroxylation sites is 2. The van der Waals surface area contributed by atoms with E-state index in [1.165, 1.54) is 64.7 Å². The van der Waals surface area contributed by atoms with Crippen molar-refractivity contribution in [1.29, 1.82) is 0 Å². The zero-order chi connectivity index (χ0) is 77.5. The average Bonchev–Trinajstić information content (AvgIpc) is 1.65. The summed E-state index contributed by atoms with van der Waals surface area (Å²) in [4.78, 5) is 17.6. The topological polar surface area (TPSA) is 175 Å². The third-order valence-electron chi connectivity index (χ3n) is 12.4. The maximum absolute atomic E-state index is 9.08. The molecule has 20 heteroatoms. The van der Waals surface area contributed by atoms with E-state index >= 15 is 0 Å². The Morgan fingerprint density at radius 3 is 1.29 bits per heavy atom. The molecule has 0 atom stereocenters. The molecule has 93 heavy (non-hydrogen) atoms. The average molecular weight is 1650 g/mol. The molecule has 0 fully saturated rings. The molecule has 0 amide bonds. The second-order valence-corrected chi connectivity index (χ2v) is 32.9. The van der Waals surface area contributed by atoms with Crippen LogP contribution in [0.4, 0.5) is 0 Å². The van der Waals surface area contributed by atoms with E-state index in [1.807, 2.05) is 74.8 Å². The molecule has 2 N–H and O–H groups in total. The first-order valence-corrected chi connectivity index (χ1v) is 37.0. The molecule has 0 spiro atoms. The van der Waals surface area contributed by atoms with E-state index in [0.717, 1.165) is 75.0 Å². The van der Waals surface area contributed by atoms with Crippen molar-refractivity contribution in [2.45, 2.75) is 80.5 Å². The molecule has 0 unspecified atom stereocenters. The molecular weight excluding hydrogens is 1560 g/mol. The van der Waals surface area contributed by atoms with Crippen LogP contribution in [0.3, 0.4) is 0 Å². The van der Waals surface area contributed by atoms with E-state index in [0.29, 0.717) is 28.8 Å². The van der Waals surface area contributed by atoms with Gasteiger partial charge in [-0.15, -0.1) is 118 Å². The van der Waals surface area contributed by atoms with Gasteiger partial charge in [0.15, 0.2) is 0 Å². The minimum atomic E-state index is -3.92. The Balaban J connectivity index is 0.000000441. The number of aliphatic hydroxyl groups excluding tert-OH is 2.